The van der Waals surface area contributed by atoms with Crippen molar-refractivity contribution in [1.29, 1.82) is 0 Å². The number of carbonyl (C=O) groups is 2. The van der Waals surface area contributed by atoms with Crippen molar-refractivity contribution in [2.75, 3.05) is 12.4 Å². The van der Waals surface area contributed by atoms with Crippen molar-refractivity contribution in [3.05, 3.63) is 67.5 Å². The van der Waals surface area contributed by atoms with Gasteiger partial charge in [0, 0.05) is 5.38 Å². The lowest BCUT2D eigenvalue weighted by Crippen LogP contribution is -2.15. The zero-order valence-electron chi connectivity index (χ0n) is 15.2. The number of nitrogens with one attached hydrogen (secondary N) is 1. The van der Waals surface area contributed by atoms with Gasteiger partial charge < -0.3 is 15.2 Å². The summed E-state index contributed by atoms with van der Waals surface area (Å²) in [7, 11) is 1.35. The van der Waals surface area contributed by atoms with Crippen LogP contribution >= 0.6 is 46.1 Å². The molecule has 3 aromatic rings. The van der Waals surface area contributed by atoms with Crippen LogP contribution in [0.5, 0.6) is 5.75 Å². The van der Waals surface area contributed by atoms with Gasteiger partial charge in [-0.3, -0.25) is 4.79 Å². The first-order chi connectivity index (χ1) is 13.7. The molecule has 1 amide bonds. The van der Waals surface area contributed by atoms with Crippen LogP contribution in [-0.2, 0) is 0 Å². The average Bonchev–Trinajstić information content (AvgIpc) is 3.09. The molecule has 1 heterocycles. The number of aryl methyl sites for hydroxylation is 1. The predicted molar refractivity (Wildman–Crippen MR) is 117 cm³/mol. The van der Waals surface area contributed by atoms with E-state index in [0.717, 1.165) is 11.1 Å². The minimum atomic E-state index is -1.16. The van der Waals surface area contributed by atoms with Crippen LogP contribution in [0.4, 0.5) is 5.69 Å². The van der Waals surface area contributed by atoms with Crippen molar-refractivity contribution < 1.29 is 19.4 Å². The molecule has 0 bridgehead atoms. The SMILES string of the molecule is COc1c(Cl)c(Cl)cc(C(=O)Nc2csc(-c3cccc(C)c3)c2C(=O)O)c1Cl. The fourth-order valence-corrected chi connectivity index (χ4v) is 4.55. The number of halogens is 3. The fourth-order valence-electron chi connectivity index (χ4n) is 2.78. The minimum Gasteiger partial charge on any atom is -0.494 e. The molecule has 150 valence electrons. The quantitative estimate of drug-likeness (QED) is 0.410. The van der Waals surface area contributed by atoms with Crippen molar-refractivity contribution in [2.45, 2.75) is 6.92 Å². The Hall–Kier alpha value is -2.25. The number of amides is 1. The lowest BCUT2D eigenvalue weighted by molar-refractivity contribution is 0.0699. The summed E-state index contributed by atoms with van der Waals surface area (Å²) in [6.45, 7) is 1.92. The van der Waals surface area contributed by atoms with Gasteiger partial charge in [-0.05, 0) is 18.6 Å². The van der Waals surface area contributed by atoms with Crippen LogP contribution in [0.15, 0.2) is 35.7 Å². The Morgan fingerprint density at radius 2 is 1.86 bits per heavy atom. The summed E-state index contributed by atoms with van der Waals surface area (Å²) in [5, 5.41) is 14.1. The summed E-state index contributed by atoms with van der Waals surface area (Å²) < 4.78 is 5.11. The molecular weight excluding hydrogens is 457 g/mol. The second-order valence-electron chi connectivity index (χ2n) is 6.05. The zero-order valence-corrected chi connectivity index (χ0v) is 18.3. The topological polar surface area (TPSA) is 75.6 Å². The molecule has 9 heteroatoms. The molecular formula is C20H14Cl3NO4S. The lowest BCUT2D eigenvalue weighted by atomic mass is 10.1. The molecule has 5 nitrogen and oxygen atoms in total. The summed E-state index contributed by atoms with van der Waals surface area (Å²) in [6, 6.07) is 8.76. The van der Waals surface area contributed by atoms with Crippen molar-refractivity contribution >= 4 is 63.7 Å². The number of carboxylic acids is 1. The van der Waals surface area contributed by atoms with E-state index in [2.05, 4.69) is 5.32 Å². The average molecular weight is 471 g/mol. The van der Waals surface area contributed by atoms with Crippen molar-refractivity contribution in [2.24, 2.45) is 0 Å². The Labute approximate surface area is 185 Å². The van der Waals surface area contributed by atoms with Crippen LogP contribution in [-0.4, -0.2) is 24.1 Å². The molecule has 0 aliphatic rings. The maximum Gasteiger partial charge on any atom is 0.339 e. The molecule has 0 fully saturated rings. The fraction of sp³-hybridized carbons (Fsp3) is 0.100. The van der Waals surface area contributed by atoms with Gasteiger partial charge in [0.2, 0.25) is 0 Å². The van der Waals surface area contributed by atoms with E-state index in [1.165, 1.54) is 24.5 Å². The number of methoxy groups -OCH3 is 1. The Kier molecular flexibility index (Phi) is 6.39. The molecule has 0 saturated heterocycles. The van der Waals surface area contributed by atoms with E-state index in [1.54, 1.807) is 5.38 Å². The van der Waals surface area contributed by atoms with Gasteiger partial charge in [0.15, 0.2) is 5.75 Å². The summed E-state index contributed by atoms with van der Waals surface area (Å²) in [4.78, 5) is 25.3. The molecule has 2 N–H and O–H groups in total. The summed E-state index contributed by atoms with van der Waals surface area (Å²) in [6.07, 6.45) is 0. The zero-order chi connectivity index (χ0) is 21.3. The Bertz CT molecular complexity index is 1130. The maximum absolute atomic E-state index is 12.8. The largest absolute Gasteiger partial charge is 0.494 e. The minimum absolute atomic E-state index is 0.00269. The lowest BCUT2D eigenvalue weighted by Gasteiger charge is -2.12. The number of thiophene rings is 1. The van der Waals surface area contributed by atoms with Crippen LogP contribution < -0.4 is 10.1 Å². The van der Waals surface area contributed by atoms with Crippen molar-refractivity contribution in [1.82, 2.24) is 0 Å². The third-order valence-corrected chi connectivity index (χ3v) is 6.27. The highest BCUT2D eigenvalue weighted by Gasteiger charge is 2.24. The van der Waals surface area contributed by atoms with Gasteiger partial charge >= 0.3 is 5.97 Å². The summed E-state index contributed by atoms with van der Waals surface area (Å²) >= 11 is 19.5. The predicted octanol–water partition coefficient (Wildman–Crippen LogP) is 6.64. The van der Waals surface area contributed by atoms with Crippen molar-refractivity contribution in [3.8, 4) is 16.2 Å². The van der Waals surface area contributed by atoms with Crippen LogP contribution in [0.2, 0.25) is 15.1 Å². The number of carbonyl (C=O) groups excluding carboxylic acids is 1. The first-order valence-electron chi connectivity index (χ1n) is 8.19. The van der Waals surface area contributed by atoms with Crippen LogP contribution in [0, 0.1) is 6.92 Å². The van der Waals surface area contributed by atoms with Gasteiger partial charge in [0.05, 0.1) is 33.3 Å². The molecule has 3 rings (SSSR count). The van der Waals surface area contributed by atoms with Gasteiger partial charge in [0.25, 0.3) is 5.91 Å². The van der Waals surface area contributed by atoms with E-state index in [9.17, 15) is 14.7 Å². The van der Waals surface area contributed by atoms with Crippen LogP contribution in [0.1, 0.15) is 26.3 Å². The first kappa shape index (κ1) is 21.5. The summed E-state index contributed by atoms with van der Waals surface area (Å²) in [5.41, 5.74) is 1.91. The number of benzene rings is 2. The highest BCUT2D eigenvalue weighted by atomic mass is 35.5. The van der Waals surface area contributed by atoms with Gasteiger partial charge in [-0.15, -0.1) is 11.3 Å². The molecule has 0 saturated carbocycles. The molecule has 0 spiro atoms. The Balaban J connectivity index is 2.03. The van der Waals surface area contributed by atoms with Crippen LogP contribution in [0.3, 0.4) is 0 Å². The molecule has 1 aromatic heterocycles. The summed E-state index contributed by atoms with van der Waals surface area (Å²) in [5.74, 6) is -1.73. The van der Waals surface area contributed by atoms with E-state index in [4.69, 9.17) is 39.5 Å². The van der Waals surface area contributed by atoms with Crippen LogP contribution in [0.25, 0.3) is 10.4 Å². The molecule has 0 aliphatic carbocycles. The number of ether oxygens (including phenoxy) is 1. The highest BCUT2D eigenvalue weighted by molar-refractivity contribution is 7.14. The highest BCUT2D eigenvalue weighted by Crippen LogP contribution is 2.41. The normalized spacial score (nSPS) is 10.7. The third kappa shape index (κ3) is 4.21. The monoisotopic (exact) mass is 469 g/mol. The smallest absolute Gasteiger partial charge is 0.339 e. The first-order valence-corrected chi connectivity index (χ1v) is 10.2. The molecule has 0 atom stereocenters. The number of carboxylic acid groups (broad SMARTS) is 1. The second kappa shape index (κ2) is 8.63. The molecule has 2 aromatic carbocycles. The Morgan fingerprint density at radius 1 is 1.14 bits per heavy atom. The molecule has 29 heavy (non-hydrogen) atoms. The van der Waals surface area contributed by atoms with Crippen molar-refractivity contribution in [3.63, 3.8) is 0 Å². The van der Waals surface area contributed by atoms with E-state index in [1.807, 2.05) is 31.2 Å². The standard InChI is InChI=1S/C20H14Cl3NO4S/c1-9-4-3-5-10(6-9)18-14(20(26)27)13(8-29-18)24-19(25)11-7-12(21)16(23)17(28-2)15(11)22/h3-8H,1-2H3,(H,24,25)(H,26,27). The van der Waals surface area contributed by atoms with E-state index < -0.39 is 11.9 Å². The number of hydrogen-bond donors (Lipinski definition) is 2. The number of aromatic carboxylic acids is 1. The maximum atomic E-state index is 12.8. The van der Waals surface area contributed by atoms with Gasteiger partial charge in [0.1, 0.15) is 10.6 Å². The molecule has 0 radical (unpaired) electrons. The van der Waals surface area contributed by atoms with E-state index in [0.29, 0.717) is 4.88 Å². The number of anilines is 1. The number of hydrogen-bond acceptors (Lipinski definition) is 4. The third-order valence-electron chi connectivity index (χ3n) is 4.10. The second-order valence-corrected chi connectivity index (χ2v) is 8.09. The Morgan fingerprint density at radius 3 is 2.48 bits per heavy atom. The molecule has 0 unspecified atom stereocenters. The van der Waals surface area contributed by atoms with Gasteiger partial charge in [-0.1, -0.05) is 64.6 Å². The van der Waals surface area contributed by atoms with E-state index in [-0.39, 0.29) is 37.6 Å². The number of rotatable bonds is 5. The van der Waals surface area contributed by atoms with Gasteiger partial charge in [-0.2, -0.15) is 0 Å². The van der Waals surface area contributed by atoms with Gasteiger partial charge in [-0.25, -0.2) is 4.79 Å². The molecule has 0 aliphatic heterocycles. The van der Waals surface area contributed by atoms with E-state index >= 15 is 0 Å².